The van der Waals surface area contributed by atoms with Crippen molar-refractivity contribution in [3.8, 4) is 0 Å². The lowest BCUT2D eigenvalue weighted by Crippen LogP contribution is -2.34. The predicted octanol–water partition coefficient (Wildman–Crippen LogP) is 2.04. The number of carbonyl (C=O) groups excluding carboxylic acids is 1. The van der Waals surface area contributed by atoms with E-state index in [1.165, 1.54) is 0 Å². The standard InChI is InChI=1S/C14H23N3O/c1-4-11(2)17-14(18)7-9-16-12(3)13-6-5-8-15-10-13/h5-6,8,10-12,16H,4,7,9H2,1-3H3,(H,17,18). The van der Waals surface area contributed by atoms with Crippen molar-refractivity contribution in [2.24, 2.45) is 0 Å². The summed E-state index contributed by atoms with van der Waals surface area (Å²) in [5, 5.41) is 6.27. The molecule has 0 saturated heterocycles. The molecule has 4 nitrogen and oxygen atoms in total. The Kier molecular flexibility index (Phi) is 6.36. The molecule has 0 aliphatic carbocycles. The molecule has 2 unspecified atom stereocenters. The molecule has 0 bridgehead atoms. The van der Waals surface area contributed by atoms with Gasteiger partial charge < -0.3 is 10.6 Å². The molecule has 1 amide bonds. The van der Waals surface area contributed by atoms with Gasteiger partial charge in [0.05, 0.1) is 0 Å². The Hall–Kier alpha value is -1.42. The summed E-state index contributed by atoms with van der Waals surface area (Å²) in [7, 11) is 0. The van der Waals surface area contributed by atoms with Gasteiger partial charge in [-0.15, -0.1) is 0 Å². The van der Waals surface area contributed by atoms with E-state index in [-0.39, 0.29) is 18.0 Å². The van der Waals surface area contributed by atoms with E-state index in [1.807, 2.05) is 25.3 Å². The van der Waals surface area contributed by atoms with E-state index in [1.54, 1.807) is 6.20 Å². The van der Waals surface area contributed by atoms with Crippen molar-refractivity contribution < 1.29 is 4.79 Å². The first-order valence-electron chi connectivity index (χ1n) is 6.56. The molecule has 2 N–H and O–H groups in total. The monoisotopic (exact) mass is 249 g/mol. The van der Waals surface area contributed by atoms with Crippen LogP contribution in [-0.2, 0) is 4.79 Å². The molecular formula is C14H23N3O. The minimum atomic E-state index is 0.107. The second-order valence-corrected chi connectivity index (χ2v) is 4.59. The van der Waals surface area contributed by atoms with Gasteiger partial charge in [0, 0.05) is 37.4 Å². The van der Waals surface area contributed by atoms with Gasteiger partial charge in [0.25, 0.3) is 0 Å². The Morgan fingerprint density at radius 1 is 1.44 bits per heavy atom. The number of rotatable bonds is 7. The summed E-state index contributed by atoms with van der Waals surface area (Å²) in [6.07, 6.45) is 5.08. The van der Waals surface area contributed by atoms with E-state index in [0.29, 0.717) is 13.0 Å². The first kappa shape index (κ1) is 14.6. The van der Waals surface area contributed by atoms with Crippen LogP contribution in [0.15, 0.2) is 24.5 Å². The van der Waals surface area contributed by atoms with Gasteiger partial charge in [0.15, 0.2) is 0 Å². The maximum absolute atomic E-state index is 11.6. The molecule has 1 aromatic heterocycles. The molecule has 0 fully saturated rings. The number of hydrogen-bond acceptors (Lipinski definition) is 3. The average Bonchev–Trinajstić information content (AvgIpc) is 2.39. The number of carbonyl (C=O) groups is 1. The summed E-state index contributed by atoms with van der Waals surface area (Å²) in [5.41, 5.74) is 1.14. The predicted molar refractivity (Wildman–Crippen MR) is 73.2 cm³/mol. The van der Waals surface area contributed by atoms with Crippen LogP contribution in [0.3, 0.4) is 0 Å². The molecule has 0 spiro atoms. The summed E-state index contributed by atoms with van der Waals surface area (Å²) < 4.78 is 0. The number of amides is 1. The molecular weight excluding hydrogens is 226 g/mol. The molecule has 4 heteroatoms. The second-order valence-electron chi connectivity index (χ2n) is 4.59. The van der Waals surface area contributed by atoms with Crippen LogP contribution >= 0.6 is 0 Å². The van der Waals surface area contributed by atoms with Gasteiger partial charge in [-0.05, 0) is 31.9 Å². The van der Waals surface area contributed by atoms with Crippen LogP contribution in [0.4, 0.5) is 0 Å². The third kappa shape index (κ3) is 5.27. The van der Waals surface area contributed by atoms with Crippen LogP contribution < -0.4 is 10.6 Å². The van der Waals surface area contributed by atoms with Crippen molar-refractivity contribution in [2.45, 2.75) is 45.7 Å². The molecule has 18 heavy (non-hydrogen) atoms. The lowest BCUT2D eigenvalue weighted by Gasteiger charge is -2.15. The Bertz CT molecular complexity index is 353. The van der Waals surface area contributed by atoms with E-state index < -0.39 is 0 Å². The highest BCUT2D eigenvalue weighted by atomic mass is 16.1. The minimum absolute atomic E-state index is 0.107. The number of pyridine rings is 1. The first-order chi connectivity index (χ1) is 8.63. The van der Waals surface area contributed by atoms with Crippen LogP contribution in [-0.4, -0.2) is 23.5 Å². The third-order valence-corrected chi connectivity index (χ3v) is 3.01. The van der Waals surface area contributed by atoms with Gasteiger partial charge in [0.2, 0.25) is 5.91 Å². The quantitative estimate of drug-likeness (QED) is 0.777. The Morgan fingerprint density at radius 2 is 2.22 bits per heavy atom. The van der Waals surface area contributed by atoms with E-state index in [2.05, 4.69) is 29.5 Å². The van der Waals surface area contributed by atoms with Gasteiger partial charge in [-0.1, -0.05) is 13.0 Å². The molecule has 0 saturated carbocycles. The molecule has 1 aromatic rings. The van der Waals surface area contributed by atoms with E-state index >= 15 is 0 Å². The Morgan fingerprint density at radius 3 is 2.83 bits per heavy atom. The lowest BCUT2D eigenvalue weighted by atomic mass is 10.1. The highest BCUT2D eigenvalue weighted by molar-refractivity contribution is 5.76. The van der Waals surface area contributed by atoms with Crippen LogP contribution in [0.1, 0.15) is 45.2 Å². The fourth-order valence-electron chi connectivity index (χ4n) is 1.60. The zero-order chi connectivity index (χ0) is 13.4. The normalized spacial score (nSPS) is 13.9. The van der Waals surface area contributed by atoms with E-state index in [0.717, 1.165) is 12.0 Å². The zero-order valence-corrected chi connectivity index (χ0v) is 11.4. The van der Waals surface area contributed by atoms with Crippen molar-refractivity contribution in [3.05, 3.63) is 30.1 Å². The fraction of sp³-hybridized carbons (Fsp3) is 0.571. The molecule has 0 aliphatic rings. The molecule has 1 rings (SSSR count). The van der Waals surface area contributed by atoms with Gasteiger partial charge in [-0.3, -0.25) is 9.78 Å². The molecule has 2 atom stereocenters. The van der Waals surface area contributed by atoms with Gasteiger partial charge in [-0.2, -0.15) is 0 Å². The Balaban J connectivity index is 2.23. The summed E-state index contributed by atoms with van der Waals surface area (Å²) in [6.45, 7) is 6.83. The van der Waals surface area contributed by atoms with Crippen LogP contribution in [0, 0.1) is 0 Å². The molecule has 1 heterocycles. The zero-order valence-electron chi connectivity index (χ0n) is 11.4. The smallest absolute Gasteiger partial charge is 0.221 e. The van der Waals surface area contributed by atoms with E-state index in [9.17, 15) is 4.79 Å². The molecule has 0 radical (unpaired) electrons. The van der Waals surface area contributed by atoms with Gasteiger partial charge in [-0.25, -0.2) is 0 Å². The average molecular weight is 249 g/mol. The minimum Gasteiger partial charge on any atom is -0.354 e. The maximum Gasteiger partial charge on any atom is 0.221 e. The van der Waals surface area contributed by atoms with Crippen molar-refractivity contribution in [2.75, 3.05) is 6.54 Å². The van der Waals surface area contributed by atoms with Crippen LogP contribution in [0.25, 0.3) is 0 Å². The highest BCUT2D eigenvalue weighted by Crippen LogP contribution is 2.09. The number of aromatic nitrogens is 1. The number of nitrogens with zero attached hydrogens (tertiary/aromatic N) is 1. The first-order valence-corrected chi connectivity index (χ1v) is 6.56. The SMILES string of the molecule is CCC(C)NC(=O)CCNC(C)c1cccnc1. The maximum atomic E-state index is 11.6. The fourth-order valence-corrected chi connectivity index (χ4v) is 1.60. The second kappa shape index (κ2) is 7.82. The summed E-state index contributed by atoms with van der Waals surface area (Å²) in [5.74, 6) is 0.107. The van der Waals surface area contributed by atoms with Crippen molar-refractivity contribution >= 4 is 5.91 Å². The van der Waals surface area contributed by atoms with Crippen molar-refractivity contribution in [3.63, 3.8) is 0 Å². The largest absolute Gasteiger partial charge is 0.354 e. The van der Waals surface area contributed by atoms with Gasteiger partial charge in [0.1, 0.15) is 0 Å². The molecule has 100 valence electrons. The number of hydrogen-bond donors (Lipinski definition) is 2. The van der Waals surface area contributed by atoms with E-state index in [4.69, 9.17) is 0 Å². The van der Waals surface area contributed by atoms with Crippen molar-refractivity contribution in [1.82, 2.24) is 15.6 Å². The summed E-state index contributed by atoms with van der Waals surface area (Å²) in [6, 6.07) is 4.43. The highest BCUT2D eigenvalue weighted by Gasteiger charge is 2.07. The number of nitrogens with one attached hydrogen (secondary N) is 2. The van der Waals surface area contributed by atoms with Crippen LogP contribution in [0.5, 0.6) is 0 Å². The lowest BCUT2D eigenvalue weighted by molar-refractivity contribution is -0.121. The van der Waals surface area contributed by atoms with Gasteiger partial charge >= 0.3 is 0 Å². The van der Waals surface area contributed by atoms with Crippen LogP contribution in [0.2, 0.25) is 0 Å². The molecule has 0 aromatic carbocycles. The Labute approximate surface area is 109 Å². The summed E-state index contributed by atoms with van der Waals surface area (Å²) in [4.78, 5) is 15.6. The topological polar surface area (TPSA) is 54.0 Å². The van der Waals surface area contributed by atoms with Crippen molar-refractivity contribution in [1.29, 1.82) is 0 Å². The third-order valence-electron chi connectivity index (χ3n) is 3.01. The molecule has 0 aliphatic heterocycles. The summed E-state index contributed by atoms with van der Waals surface area (Å²) >= 11 is 0.